The summed E-state index contributed by atoms with van der Waals surface area (Å²) in [4.78, 5) is 11.3. The van der Waals surface area contributed by atoms with Crippen LogP contribution in [-0.2, 0) is 0 Å². The van der Waals surface area contributed by atoms with Gasteiger partial charge < -0.3 is 10.2 Å². The highest BCUT2D eigenvalue weighted by Gasteiger charge is 2.34. The minimum atomic E-state index is -2.60. The van der Waals surface area contributed by atoms with Gasteiger partial charge >= 0.3 is 0 Å². The van der Waals surface area contributed by atoms with Gasteiger partial charge in [-0.25, -0.2) is 13.8 Å². The zero-order chi connectivity index (χ0) is 22.0. The van der Waals surface area contributed by atoms with Gasteiger partial charge in [0.05, 0.1) is 17.2 Å². The molecule has 6 heteroatoms. The fourth-order valence-corrected chi connectivity index (χ4v) is 4.23. The van der Waals surface area contributed by atoms with Crippen molar-refractivity contribution >= 4 is 22.5 Å². The number of hydrogen-bond acceptors (Lipinski definition) is 4. The third-order valence-corrected chi connectivity index (χ3v) is 5.94. The Morgan fingerprint density at radius 1 is 0.844 bits per heavy atom. The standard InChI is InChI=1S/C26H24F2N4/c27-26(28)13-16-32(17-14-26)22-18-23(30-21-12-7-15-29-25(21)22)31-24(19-8-3-1-4-9-19)20-10-5-2-6-11-20/h1-12,15,18,24H,13-14,16-17H2,(H,30,31). The van der Waals surface area contributed by atoms with E-state index >= 15 is 0 Å². The van der Waals surface area contributed by atoms with E-state index in [-0.39, 0.29) is 18.9 Å². The molecular formula is C26H24F2N4. The second-order valence-corrected chi connectivity index (χ2v) is 8.14. The third kappa shape index (κ3) is 4.26. The molecule has 2 aromatic carbocycles. The first-order chi connectivity index (χ1) is 15.6. The van der Waals surface area contributed by atoms with Crippen LogP contribution < -0.4 is 10.2 Å². The van der Waals surface area contributed by atoms with Crippen molar-refractivity contribution in [2.75, 3.05) is 23.3 Å². The summed E-state index contributed by atoms with van der Waals surface area (Å²) in [6.45, 7) is 0.589. The highest BCUT2D eigenvalue weighted by atomic mass is 19.3. The number of nitrogens with zero attached hydrogens (tertiary/aromatic N) is 3. The molecule has 1 aliphatic rings. The van der Waals surface area contributed by atoms with E-state index in [4.69, 9.17) is 4.98 Å². The van der Waals surface area contributed by atoms with Crippen LogP contribution in [0.2, 0.25) is 0 Å². The van der Waals surface area contributed by atoms with E-state index in [1.807, 2.05) is 59.5 Å². The van der Waals surface area contributed by atoms with Crippen molar-refractivity contribution < 1.29 is 8.78 Å². The van der Waals surface area contributed by atoms with Crippen molar-refractivity contribution in [3.63, 3.8) is 0 Å². The lowest BCUT2D eigenvalue weighted by molar-refractivity contribution is -0.0220. The van der Waals surface area contributed by atoms with Gasteiger partial charge in [-0.2, -0.15) is 0 Å². The lowest BCUT2D eigenvalue weighted by atomic mass is 9.98. The lowest BCUT2D eigenvalue weighted by Gasteiger charge is -2.34. The highest BCUT2D eigenvalue weighted by molar-refractivity contribution is 5.90. The summed E-state index contributed by atoms with van der Waals surface area (Å²) >= 11 is 0. The first kappa shape index (κ1) is 20.4. The van der Waals surface area contributed by atoms with Gasteiger partial charge in [0.2, 0.25) is 0 Å². The SMILES string of the molecule is FC1(F)CCN(c2cc(NC(c3ccccc3)c3ccccc3)nc3cccnc23)CC1. The minimum absolute atomic E-state index is 0.0995. The van der Waals surface area contributed by atoms with E-state index in [2.05, 4.69) is 34.6 Å². The molecule has 4 nitrogen and oxygen atoms in total. The number of aromatic nitrogens is 2. The number of fused-ring (bicyclic) bond motifs is 1. The van der Waals surface area contributed by atoms with Crippen molar-refractivity contribution in [3.05, 3.63) is 96.2 Å². The maximum absolute atomic E-state index is 13.8. The summed E-state index contributed by atoms with van der Waals surface area (Å²) < 4.78 is 27.5. The number of benzene rings is 2. The van der Waals surface area contributed by atoms with E-state index in [0.717, 1.165) is 27.8 Å². The Morgan fingerprint density at radius 2 is 1.47 bits per heavy atom. The van der Waals surface area contributed by atoms with Crippen molar-refractivity contribution in [2.24, 2.45) is 0 Å². The molecule has 32 heavy (non-hydrogen) atoms. The zero-order valence-corrected chi connectivity index (χ0v) is 17.6. The summed E-state index contributed by atoms with van der Waals surface area (Å²) in [5.41, 5.74) is 4.55. The van der Waals surface area contributed by atoms with Gasteiger partial charge in [-0.05, 0) is 23.3 Å². The molecule has 0 saturated carbocycles. The van der Waals surface area contributed by atoms with Gasteiger partial charge in [0, 0.05) is 38.2 Å². The van der Waals surface area contributed by atoms with Gasteiger partial charge in [0.1, 0.15) is 11.3 Å². The van der Waals surface area contributed by atoms with Gasteiger partial charge in [-0.1, -0.05) is 60.7 Å². The number of pyridine rings is 2. The Labute approximate surface area is 185 Å². The number of rotatable bonds is 5. The number of anilines is 2. The average molecular weight is 431 g/mol. The van der Waals surface area contributed by atoms with Crippen molar-refractivity contribution in [3.8, 4) is 0 Å². The van der Waals surface area contributed by atoms with E-state index in [1.54, 1.807) is 6.20 Å². The predicted molar refractivity (Wildman–Crippen MR) is 124 cm³/mol. The third-order valence-electron chi connectivity index (χ3n) is 5.94. The van der Waals surface area contributed by atoms with Gasteiger partial charge in [-0.15, -0.1) is 0 Å². The molecule has 0 unspecified atom stereocenters. The molecule has 4 aromatic rings. The molecule has 0 amide bonds. The van der Waals surface area contributed by atoms with Gasteiger partial charge in [0.25, 0.3) is 5.92 Å². The summed E-state index contributed by atoms with van der Waals surface area (Å²) in [6, 6.07) is 26.0. The number of piperidine rings is 1. The maximum Gasteiger partial charge on any atom is 0.251 e. The average Bonchev–Trinajstić information content (AvgIpc) is 2.83. The molecule has 3 heterocycles. The number of alkyl halides is 2. The van der Waals surface area contributed by atoms with E-state index in [9.17, 15) is 8.78 Å². The lowest BCUT2D eigenvalue weighted by Crippen LogP contribution is -2.39. The second kappa shape index (κ2) is 8.54. The Bertz CT molecular complexity index is 1150. The summed E-state index contributed by atoms with van der Waals surface area (Å²) in [7, 11) is 0. The normalized spacial score (nSPS) is 15.8. The fraction of sp³-hybridized carbons (Fsp3) is 0.231. The first-order valence-corrected chi connectivity index (χ1v) is 10.8. The summed E-state index contributed by atoms with van der Waals surface area (Å²) in [6.07, 6.45) is 1.42. The molecule has 5 rings (SSSR count). The van der Waals surface area contributed by atoms with Gasteiger partial charge in [-0.3, -0.25) is 4.98 Å². The Balaban J connectivity index is 1.55. The van der Waals surface area contributed by atoms with Gasteiger partial charge in [0.15, 0.2) is 0 Å². The van der Waals surface area contributed by atoms with Crippen LogP contribution in [0.4, 0.5) is 20.3 Å². The van der Waals surface area contributed by atoms with Crippen LogP contribution in [0, 0.1) is 0 Å². The Morgan fingerprint density at radius 3 is 2.09 bits per heavy atom. The van der Waals surface area contributed by atoms with Crippen molar-refractivity contribution in [2.45, 2.75) is 24.8 Å². The number of hydrogen-bond donors (Lipinski definition) is 1. The molecule has 0 spiro atoms. The van der Waals surface area contributed by atoms with Crippen LogP contribution in [0.1, 0.15) is 30.0 Å². The van der Waals surface area contributed by atoms with Crippen LogP contribution in [-0.4, -0.2) is 29.0 Å². The predicted octanol–water partition coefficient (Wildman–Crippen LogP) is 6.07. The number of halogens is 2. The smallest absolute Gasteiger partial charge is 0.251 e. The molecule has 2 aromatic heterocycles. The molecule has 1 aliphatic heterocycles. The van der Waals surface area contributed by atoms with E-state index < -0.39 is 5.92 Å². The van der Waals surface area contributed by atoms with Crippen LogP contribution in [0.3, 0.4) is 0 Å². The molecule has 0 radical (unpaired) electrons. The molecule has 1 fully saturated rings. The summed E-state index contributed by atoms with van der Waals surface area (Å²) in [5.74, 6) is -1.91. The quantitative estimate of drug-likeness (QED) is 0.417. The molecular weight excluding hydrogens is 406 g/mol. The molecule has 0 atom stereocenters. The molecule has 0 bridgehead atoms. The highest BCUT2D eigenvalue weighted by Crippen LogP contribution is 2.35. The largest absolute Gasteiger partial charge is 0.369 e. The Hall–Kier alpha value is -3.54. The van der Waals surface area contributed by atoms with Crippen molar-refractivity contribution in [1.82, 2.24) is 9.97 Å². The molecule has 162 valence electrons. The maximum atomic E-state index is 13.8. The van der Waals surface area contributed by atoms with E-state index in [1.165, 1.54) is 0 Å². The topological polar surface area (TPSA) is 41.0 Å². The zero-order valence-electron chi connectivity index (χ0n) is 17.6. The molecule has 1 N–H and O–H groups in total. The van der Waals surface area contributed by atoms with Crippen LogP contribution in [0.25, 0.3) is 11.0 Å². The van der Waals surface area contributed by atoms with Crippen LogP contribution >= 0.6 is 0 Å². The molecule has 0 aliphatic carbocycles. The Kier molecular flexibility index (Phi) is 5.43. The molecule has 1 saturated heterocycles. The van der Waals surface area contributed by atoms with Crippen LogP contribution in [0.15, 0.2) is 85.1 Å². The number of nitrogens with one attached hydrogen (secondary N) is 1. The van der Waals surface area contributed by atoms with Crippen molar-refractivity contribution in [1.29, 1.82) is 0 Å². The first-order valence-electron chi connectivity index (χ1n) is 10.8. The van der Waals surface area contributed by atoms with E-state index in [0.29, 0.717) is 18.9 Å². The minimum Gasteiger partial charge on any atom is -0.369 e. The van der Waals surface area contributed by atoms with Crippen LogP contribution in [0.5, 0.6) is 0 Å². The summed E-state index contributed by atoms with van der Waals surface area (Å²) in [5, 5.41) is 3.59. The fourth-order valence-electron chi connectivity index (χ4n) is 4.23. The monoisotopic (exact) mass is 430 g/mol. The second-order valence-electron chi connectivity index (χ2n) is 8.14.